The lowest BCUT2D eigenvalue weighted by Crippen LogP contribution is -2.54. The molecule has 4 aromatic carbocycles. The predicted molar refractivity (Wildman–Crippen MR) is 202 cm³/mol. The van der Waals surface area contributed by atoms with Gasteiger partial charge in [0.05, 0.1) is 24.0 Å². The molecule has 0 spiro atoms. The Labute approximate surface area is 310 Å². The lowest BCUT2D eigenvalue weighted by Gasteiger charge is -2.33. The van der Waals surface area contributed by atoms with Crippen molar-refractivity contribution in [1.82, 2.24) is 20.9 Å². The van der Waals surface area contributed by atoms with Crippen molar-refractivity contribution in [3.8, 4) is 0 Å². The number of nitrogens with zero attached hydrogens (tertiary/aromatic N) is 2. The zero-order valence-corrected chi connectivity index (χ0v) is 30.9. The largest absolute Gasteiger partial charge is 0.381 e. The van der Waals surface area contributed by atoms with Crippen molar-refractivity contribution in [2.45, 2.75) is 57.0 Å². The van der Waals surface area contributed by atoms with Crippen molar-refractivity contribution in [3.05, 3.63) is 137 Å². The minimum atomic E-state index is -3.79. The van der Waals surface area contributed by atoms with Crippen molar-refractivity contribution < 1.29 is 32.3 Å². The van der Waals surface area contributed by atoms with Crippen LogP contribution in [0.25, 0.3) is 0 Å². The van der Waals surface area contributed by atoms with E-state index >= 15 is 0 Å². The van der Waals surface area contributed by atoms with Crippen molar-refractivity contribution in [2.24, 2.45) is 0 Å². The molecule has 1 fully saturated rings. The molecule has 1 aliphatic rings. The molecule has 53 heavy (non-hydrogen) atoms. The molecule has 11 nitrogen and oxygen atoms in total. The van der Waals surface area contributed by atoms with Gasteiger partial charge in [-0.3, -0.25) is 23.6 Å². The van der Waals surface area contributed by atoms with Gasteiger partial charge in [-0.2, -0.15) is 0 Å². The molecule has 1 unspecified atom stereocenters. The number of nitrogens with one attached hydrogen (secondary N) is 3. The Morgan fingerprint density at radius 2 is 1.40 bits per heavy atom. The van der Waals surface area contributed by atoms with Gasteiger partial charge >= 0.3 is 0 Å². The normalized spacial score (nSPS) is 15.5. The predicted octanol–water partition coefficient (Wildman–Crippen LogP) is 4.20. The Morgan fingerprint density at radius 1 is 0.849 bits per heavy atom. The van der Waals surface area contributed by atoms with E-state index in [1.165, 1.54) is 55.1 Å². The van der Waals surface area contributed by atoms with Crippen LogP contribution < -0.4 is 20.3 Å². The molecule has 0 aromatic heterocycles. The number of amides is 3. The summed E-state index contributed by atoms with van der Waals surface area (Å²) in [6.45, 7) is 4.07. The molecule has 3 atom stereocenters. The Balaban J connectivity index is 1.33. The van der Waals surface area contributed by atoms with E-state index in [2.05, 4.69) is 33.0 Å². The number of hydrogen-bond donors (Lipinski definition) is 4. The van der Waals surface area contributed by atoms with E-state index in [9.17, 15) is 32.3 Å². The summed E-state index contributed by atoms with van der Waals surface area (Å²) < 4.78 is 39.4. The SMILES string of the molecule is C[C@@H](NC(=O)c1cc(C(=O)N[C@@H](Cc2ccccc2)C(O)C(=O)NC2CCN(Cc3ccccc3)CC2)cc(N(C)S(C)(=O)=O)c1)c1ccc(F)cc1. The fourth-order valence-corrected chi connectivity index (χ4v) is 6.76. The van der Waals surface area contributed by atoms with Crippen LogP contribution in [-0.4, -0.2) is 80.7 Å². The molecule has 280 valence electrons. The minimum Gasteiger partial charge on any atom is -0.381 e. The Kier molecular flexibility index (Phi) is 13.0. The molecule has 1 heterocycles. The number of halogens is 1. The quantitative estimate of drug-likeness (QED) is 0.152. The molecule has 0 bridgehead atoms. The number of hydrogen-bond acceptors (Lipinski definition) is 7. The number of piperidine rings is 1. The highest BCUT2D eigenvalue weighted by atomic mass is 32.2. The number of likely N-dealkylation sites (tertiary alicyclic amines) is 1. The fraction of sp³-hybridized carbons (Fsp3) is 0.325. The van der Waals surface area contributed by atoms with Gasteiger partial charge in [-0.25, -0.2) is 12.8 Å². The zero-order valence-electron chi connectivity index (χ0n) is 30.0. The molecule has 1 aliphatic heterocycles. The van der Waals surface area contributed by atoms with Crippen LogP contribution >= 0.6 is 0 Å². The number of rotatable bonds is 14. The molecule has 4 N–H and O–H groups in total. The topological polar surface area (TPSA) is 148 Å². The van der Waals surface area contributed by atoms with Crippen LogP contribution in [0.5, 0.6) is 0 Å². The third-order valence-corrected chi connectivity index (χ3v) is 10.7. The van der Waals surface area contributed by atoms with Crippen LogP contribution in [0.1, 0.15) is 63.2 Å². The number of anilines is 1. The van der Waals surface area contributed by atoms with Crippen molar-refractivity contribution in [1.29, 1.82) is 0 Å². The second kappa shape index (κ2) is 17.6. The Hall–Kier alpha value is -5.11. The van der Waals surface area contributed by atoms with E-state index in [0.29, 0.717) is 18.4 Å². The van der Waals surface area contributed by atoms with Gasteiger partial charge in [-0.05, 0) is 73.2 Å². The zero-order chi connectivity index (χ0) is 38.1. The average Bonchev–Trinajstić information content (AvgIpc) is 3.15. The number of aliphatic hydroxyl groups is 1. The first-order valence-electron chi connectivity index (χ1n) is 17.5. The highest BCUT2D eigenvalue weighted by Crippen LogP contribution is 2.23. The Bertz CT molecular complexity index is 1970. The van der Waals surface area contributed by atoms with Crippen LogP contribution in [0.4, 0.5) is 10.1 Å². The fourth-order valence-electron chi connectivity index (χ4n) is 6.27. The molecule has 0 aliphatic carbocycles. The lowest BCUT2D eigenvalue weighted by atomic mass is 9.98. The summed E-state index contributed by atoms with van der Waals surface area (Å²) in [7, 11) is -2.50. The summed E-state index contributed by atoms with van der Waals surface area (Å²) in [6, 6.07) is 27.1. The molecule has 5 rings (SSSR count). The summed E-state index contributed by atoms with van der Waals surface area (Å²) in [5, 5.41) is 20.0. The monoisotopic (exact) mass is 743 g/mol. The van der Waals surface area contributed by atoms with Crippen LogP contribution in [0.3, 0.4) is 0 Å². The lowest BCUT2D eigenvalue weighted by molar-refractivity contribution is -0.131. The van der Waals surface area contributed by atoms with Crippen LogP contribution in [0.2, 0.25) is 0 Å². The average molecular weight is 744 g/mol. The smallest absolute Gasteiger partial charge is 0.251 e. The van der Waals surface area contributed by atoms with Gasteiger partial charge in [-0.15, -0.1) is 0 Å². The van der Waals surface area contributed by atoms with Gasteiger partial charge in [0, 0.05) is 43.9 Å². The highest BCUT2D eigenvalue weighted by Gasteiger charge is 2.31. The minimum absolute atomic E-state index is 0.00591. The number of benzene rings is 4. The van der Waals surface area contributed by atoms with Crippen molar-refractivity contribution in [3.63, 3.8) is 0 Å². The summed E-state index contributed by atoms with van der Waals surface area (Å²) in [5.74, 6) is -2.37. The number of aliphatic hydroxyl groups excluding tert-OH is 1. The molecule has 3 amide bonds. The van der Waals surface area contributed by atoms with E-state index in [4.69, 9.17) is 0 Å². The maximum absolute atomic E-state index is 13.9. The number of carbonyl (C=O) groups is 3. The first-order chi connectivity index (χ1) is 25.3. The van der Waals surface area contributed by atoms with Gasteiger partial charge in [-0.1, -0.05) is 72.8 Å². The first-order valence-corrected chi connectivity index (χ1v) is 19.4. The maximum Gasteiger partial charge on any atom is 0.251 e. The van der Waals surface area contributed by atoms with Crippen molar-refractivity contribution in [2.75, 3.05) is 30.7 Å². The summed E-state index contributed by atoms with van der Waals surface area (Å²) in [5.41, 5.74) is 2.60. The third kappa shape index (κ3) is 11.0. The standard InChI is InChI=1S/C40H46FN5O6S/c1-27(30-14-16-33(41)17-15-30)42-38(48)31-23-32(25-35(24-31)45(2)53(3,51)52)39(49)44-36(22-28-10-6-4-7-11-28)37(47)40(50)43-34-18-20-46(21-19-34)26-29-12-8-5-9-13-29/h4-17,23-25,27,34,36-37,47H,18-22,26H2,1-3H3,(H,42,48)(H,43,50)(H,44,49)/t27-,36+,37?/m1/s1. The van der Waals surface area contributed by atoms with E-state index in [1.807, 2.05) is 48.5 Å². The van der Waals surface area contributed by atoms with Crippen LogP contribution in [0, 0.1) is 5.82 Å². The molecular formula is C40H46FN5O6S. The first kappa shape index (κ1) is 39.1. The van der Waals surface area contributed by atoms with Crippen LogP contribution in [-0.2, 0) is 27.8 Å². The highest BCUT2D eigenvalue weighted by molar-refractivity contribution is 7.92. The maximum atomic E-state index is 13.9. The summed E-state index contributed by atoms with van der Waals surface area (Å²) in [6.07, 6.45) is 0.886. The Morgan fingerprint density at radius 3 is 1.96 bits per heavy atom. The van der Waals surface area contributed by atoms with Gasteiger partial charge in [0.1, 0.15) is 5.82 Å². The van der Waals surface area contributed by atoms with Gasteiger partial charge < -0.3 is 21.1 Å². The second-order valence-corrected chi connectivity index (χ2v) is 15.5. The third-order valence-electron chi connectivity index (χ3n) is 9.47. The molecule has 0 radical (unpaired) electrons. The number of carbonyl (C=O) groups excluding carboxylic acids is 3. The van der Waals surface area contributed by atoms with E-state index in [0.717, 1.165) is 35.8 Å². The molecular weight excluding hydrogens is 698 g/mol. The molecule has 13 heteroatoms. The van der Waals surface area contributed by atoms with Gasteiger partial charge in [0.2, 0.25) is 10.0 Å². The van der Waals surface area contributed by atoms with Gasteiger partial charge in [0.15, 0.2) is 6.10 Å². The summed E-state index contributed by atoms with van der Waals surface area (Å²) >= 11 is 0. The second-order valence-electron chi connectivity index (χ2n) is 13.5. The molecule has 0 saturated carbocycles. The van der Waals surface area contributed by atoms with Gasteiger partial charge in [0.25, 0.3) is 17.7 Å². The number of sulfonamides is 1. The van der Waals surface area contributed by atoms with E-state index in [1.54, 1.807) is 6.92 Å². The molecule has 4 aromatic rings. The van der Waals surface area contributed by atoms with E-state index < -0.39 is 51.7 Å². The molecule has 1 saturated heterocycles. The van der Waals surface area contributed by atoms with Crippen molar-refractivity contribution >= 4 is 33.4 Å². The summed E-state index contributed by atoms with van der Waals surface area (Å²) in [4.78, 5) is 43.2. The van der Waals surface area contributed by atoms with E-state index in [-0.39, 0.29) is 29.3 Å². The van der Waals surface area contributed by atoms with Crippen LogP contribution in [0.15, 0.2) is 103 Å².